The summed E-state index contributed by atoms with van der Waals surface area (Å²) in [7, 11) is -1.91. The minimum atomic E-state index is -3.61. The SMILES string of the molecule is Cc1c(S(=O)(=O)N2CCN(C(=O)C(C)n3cc(Cl)cn3)CC2)cnn1C. The van der Waals surface area contributed by atoms with Gasteiger partial charge in [-0.05, 0) is 13.8 Å². The van der Waals surface area contributed by atoms with E-state index in [-0.39, 0.29) is 23.9 Å². The number of piperazine rings is 1. The third-order valence-electron chi connectivity index (χ3n) is 4.68. The van der Waals surface area contributed by atoms with Crippen molar-refractivity contribution < 1.29 is 13.2 Å². The molecule has 0 aliphatic carbocycles. The molecule has 11 heteroatoms. The lowest BCUT2D eigenvalue weighted by molar-refractivity contribution is -0.135. The van der Waals surface area contributed by atoms with E-state index in [1.807, 2.05) is 0 Å². The van der Waals surface area contributed by atoms with Crippen LogP contribution in [0.5, 0.6) is 0 Å². The summed E-state index contributed by atoms with van der Waals surface area (Å²) in [6.07, 6.45) is 4.44. The standard InChI is InChI=1S/C15H21ClN6O3S/c1-11-14(9-17-19(11)3)26(24,25)21-6-4-20(5-7-21)15(23)12(2)22-10-13(16)8-18-22/h8-10,12H,4-7H2,1-3H3. The first-order chi connectivity index (χ1) is 12.2. The second kappa shape index (κ2) is 7.01. The Balaban J connectivity index is 1.67. The molecule has 0 radical (unpaired) electrons. The fourth-order valence-electron chi connectivity index (χ4n) is 2.92. The number of amides is 1. The molecule has 1 unspecified atom stereocenters. The second-order valence-electron chi connectivity index (χ2n) is 6.26. The summed E-state index contributed by atoms with van der Waals surface area (Å²) in [6, 6.07) is -0.494. The van der Waals surface area contributed by atoms with Crippen LogP contribution in [-0.4, -0.2) is 69.3 Å². The molecule has 1 amide bonds. The van der Waals surface area contributed by atoms with E-state index in [1.54, 1.807) is 32.0 Å². The Morgan fingerprint density at radius 3 is 2.35 bits per heavy atom. The van der Waals surface area contributed by atoms with E-state index in [4.69, 9.17) is 11.6 Å². The van der Waals surface area contributed by atoms with Gasteiger partial charge >= 0.3 is 0 Å². The van der Waals surface area contributed by atoms with Crippen LogP contribution in [-0.2, 0) is 21.9 Å². The molecule has 3 heterocycles. The molecule has 1 aliphatic heterocycles. The van der Waals surface area contributed by atoms with Crippen molar-refractivity contribution in [2.45, 2.75) is 24.8 Å². The van der Waals surface area contributed by atoms with Crippen molar-refractivity contribution in [1.82, 2.24) is 28.8 Å². The van der Waals surface area contributed by atoms with Crippen molar-refractivity contribution in [3.63, 3.8) is 0 Å². The summed E-state index contributed by atoms with van der Waals surface area (Å²) >= 11 is 5.85. The summed E-state index contributed by atoms with van der Waals surface area (Å²) in [5.74, 6) is -0.112. The third kappa shape index (κ3) is 3.36. The molecule has 26 heavy (non-hydrogen) atoms. The van der Waals surface area contributed by atoms with Gasteiger partial charge in [0.2, 0.25) is 15.9 Å². The van der Waals surface area contributed by atoms with Gasteiger partial charge in [0.05, 0.1) is 23.1 Å². The van der Waals surface area contributed by atoms with Crippen LogP contribution in [0.2, 0.25) is 5.02 Å². The Morgan fingerprint density at radius 1 is 1.19 bits per heavy atom. The summed E-state index contributed by atoms with van der Waals surface area (Å²) in [5.41, 5.74) is 0.590. The highest BCUT2D eigenvalue weighted by molar-refractivity contribution is 7.89. The van der Waals surface area contributed by atoms with Crippen LogP contribution in [0, 0.1) is 6.92 Å². The van der Waals surface area contributed by atoms with Crippen molar-refractivity contribution in [3.05, 3.63) is 29.3 Å². The molecule has 0 spiro atoms. The average Bonchev–Trinajstić information content (AvgIpc) is 3.20. The molecular weight excluding hydrogens is 380 g/mol. The van der Waals surface area contributed by atoms with Crippen LogP contribution in [0.1, 0.15) is 18.7 Å². The van der Waals surface area contributed by atoms with Gasteiger partial charge in [0, 0.05) is 39.4 Å². The number of sulfonamides is 1. The van der Waals surface area contributed by atoms with Gasteiger partial charge in [0.25, 0.3) is 0 Å². The van der Waals surface area contributed by atoms with Gasteiger partial charge in [-0.1, -0.05) is 11.6 Å². The van der Waals surface area contributed by atoms with Gasteiger partial charge in [0.15, 0.2) is 0 Å². The fourth-order valence-corrected chi connectivity index (χ4v) is 4.68. The van der Waals surface area contributed by atoms with Gasteiger partial charge in [-0.25, -0.2) is 8.42 Å². The maximum Gasteiger partial charge on any atom is 0.247 e. The van der Waals surface area contributed by atoms with E-state index in [1.165, 1.54) is 26.1 Å². The second-order valence-corrected chi connectivity index (χ2v) is 8.60. The maximum absolute atomic E-state index is 12.8. The summed E-state index contributed by atoms with van der Waals surface area (Å²) in [6.45, 7) is 4.61. The molecule has 3 rings (SSSR count). The zero-order valence-electron chi connectivity index (χ0n) is 14.8. The van der Waals surface area contributed by atoms with Gasteiger partial charge in [-0.2, -0.15) is 14.5 Å². The molecule has 1 saturated heterocycles. The number of carbonyl (C=O) groups excluding carboxylic acids is 1. The monoisotopic (exact) mass is 400 g/mol. The molecule has 0 aromatic carbocycles. The normalized spacial score (nSPS) is 17.5. The van der Waals surface area contributed by atoms with E-state index < -0.39 is 16.1 Å². The Morgan fingerprint density at radius 2 is 1.85 bits per heavy atom. The maximum atomic E-state index is 12.8. The van der Waals surface area contributed by atoms with Crippen LogP contribution in [0.4, 0.5) is 0 Å². The van der Waals surface area contributed by atoms with Crippen LogP contribution >= 0.6 is 11.6 Å². The van der Waals surface area contributed by atoms with Crippen LogP contribution in [0.25, 0.3) is 0 Å². The van der Waals surface area contributed by atoms with E-state index in [9.17, 15) is 13.2 Å². The van der Waals surface area contributed by atoms with Crippen LogP contribution in [0.3, 0.4) is 0 Å². The number of rotatable bonds is 4. The Labute approximate surface area is 157 Å². The quantitative estimate of drug-likeness (QED) is 0.752. The van der Waals surface area contributed by atoms with Gasteiger partial charge in [0.1, 0.15) is 10.9 Å². The van der Waals surface area contributed by atoms with Crippen molar-refractivity contribution in [1.29, 1.82) is 0 Å². The average molecular weight is 401 g/mol. The van der Waals surface area contributed by atoms with Crippen molar-refractivity contribution in [2.24, 2.45) is 7.05 Å². The molecule has 1 fully saturated rings. The van der Waals surface area contributed by atoms with E-state index in [0.717, 1.165) is 0 Å². The van der Waals surface area contributed by atoms with E-state index in [0.29, 0.717) is 23.8 Å². The van der Waals surface area contributed by atoms with Gasteiger partial charge in [-0.3, -0.25) is 14.2 Å². The zero-order chi connectivity index (χ0) is 19.1. The van der Waals surface area contributed by atoms with Gasteiger partial charge < -0.3 is 4.90 Å². The highest BCUT2D eigenvalue weighted by Gasteiger charge is 2.33. The summed E-state index contributed by atoms with van der Waals surface area (Å²) in [5, 5.41) is 8.53. The zero-order valence-corrected chi connectivity index (χ0v) is 16.4. The van der Waals surface area contributed by atoms with Crippen molar-refractivity contribution >= 4 is 27.5 Å². The lowest BCUT2D eigenvalue weighted by Gasteiger charge is -2.35. The predicted octanol–water partition coefficient (Wildman–Crippen LogP) is 0.673. The Hall–Kier alpha value is -1.91. The fraction of sp³-hybridized carbons (Fsp3) is 0.533. The number of halogens is 1. The van der Waals surface area contributed by atoms with Crippen LogP contribution in [0.15, 0.2) is 23.5 Å². The largest absolute Gasteiger partial charge is 0.338 e. The van der Waals surface area contributed by atoms with E-state index in [2.05, 4.69) is 10.2 Å². The number of carbonyl (C=O) groups is 1. The minimum absolute atomic E-state index is 0.112. The Kier molecular flexibility index (Phi) is 5.09. The van der Waals surface area contributed by atoms with Crippen molar-refractivity contribution in [2.75, 3.05) is 26.2 Å². The minimum Gasteiger partial charge on any atom is -0.338 e. The first-order valence-corrected chi connectivity index (χ1v) is 10.0. The Bertz CT molecular complexity index is 914. The number of hydrogen-bond donors (Lipinski definition) is 0. The lowest BCUT2D eigenvalue weighted by Crippen LogP contribution is -2.51. The predicted molar refractivity (Wildman–Crippen MR) is 95.2 cm³/mol. The number of aromatic nitrogens is 4. The topological polar surface area (TPSA) is 93.3 Å². The third-order valence-corrected chi connectivity index (χ3v) is 6.88. The first kappa shape index (κ1) is 18.9. The molecule has 0 saturated carbocycles. The number of aryl methyl sites for hydroxylation is 1. The van der Waals surface area contributed by atoms with E-state index >= 15 is 0 Å². The molecule has 2 aromatic heterocycles. The molecule has 0 N–H and O–H groups in total. The lowest BCUT2D eigenvalue weighted by atomic mass is 10.2. The molecular formula is C15H21ClN6O3S. The molecule has 1 atom stereocenters. The molecule has 0 bridgehead atoms. The molecule has 142 valence electrons. The summed E-state index contributed by atoms with van der Waals surface area (Å²) < 4.78 is 30.0. The highest BCUT2D eigenvalue weighted by Crippen LogP contribution is 2.21. The first-order valence-electron chi connectivity index (χ1n) is 8.19. The molecule has 2 aromatic rings. The van der Waals surface area contributed by atoms with Crippen molar-refractivity contribution in [3.8, 4) is 0 Å². The number of nitrogens with zero attached hydrogens (tertiary/aromatic N) is 6. The smallest absolute Gasteiger partial charge is 0.247 e. The van der Waals surface area contributed by atoms with Gasteiger partial charge in [-0.15, -0.1) is 0 Å². The van der Waals surface area contributed by atoms with Crippen LogP contribution < -0.4 is 0 Å². The summed E-state index contributed by atoms with van der Waals surface area (Å²) in [4.78, 5) is 14.5. The molecule has 1 aliphatic rings. The molecule has 9 nitrogen and oxygen atoms in total. The highest BCUT2D eigenvalue weighted by atomic mass is 35.5. The number of hydrogen-bond acceptors (Lipinski definition) is 5.